The number of rotatable bonds is 8. The lowest BCUT2D eigenvalue weighted by molar-refractivity contribution is -0.119. The Morgan fingerprint density at radius 1 is 1.18 bits per heavy atom. The number of primary amides is 1. The first-order valence-corrected chi connectivity index (χ1v) is 13.1. The van der Waals surface area contributed by atoms with Crippen LogP contribution in [0.4, 0.5) is 11.5 Å². The molecule has 0 saturated carbocycles. The maximum atomic E-state index is 12.8. The van der Waals surface area contributed by atoms with Crippen LogP contribution in [0.3, 0.4) is 0 Å². The van der Waals surface area contributed by atoms with Crippen molar-refractivity contribution < 1.29 is 9.53 Å². The number of aromatic nitrogens is 4. The van der Waals surface area contributed by atoms with Crippen LogP contribution in [-0.2, 0) is 4.79 Å². The van der Waals surface area contributed by atoms with Crippen LogP contribution in [-0.4, -0.2) is 57.0 Å². The van der Waals surface area contributed by atoms with Crippen molar-refractivity contribution in [2.75, 3.05) is 25.5 Å². The van der Waals surface area contributed by atoms with Gasteiger partial charge in [0.2, 0.25) is 11.8 Å². The van der Waals surface area contributed by atoms with E-state index in [4.69, 9.17) is 15.5 Å². The molecule has 1 aliphatic rings. The molecule has 0 aliphatic carbocycles. The summed E-state index contributed by atoms with van der Waals surface area (Å²) in [7, 11) is 1.54. The highest BCUT2D eigenvalue weighted by molar-refractivity contribution is 5.94. The quantitative estimate of drug-likeness (QED) is 0.314. The summed E-state index contributed by atoms with van der Waals surface area (Å²) in [4.78, 5) is 42.6. The van der Waals surface area contributed by atoms with E-state index in [0.717, 1.165) is 37.0 Å². The monoisotopic (exact) mass is 527 g/mol. The number of likely N-dealkylation sites (tertiary alicyclic amines) is 1. The number of nitrogens with one attached hydrogen (secondary N) is 2. The van der Waals surface area contributed by atoms with E-state index in [1.165, 1.54) is 24.4 Å². The number of aromatic amines is 1. The largest absolute Gasteiger partial charge is 0.480 e. The predicted octanol–water partition coefficient (Wildman–Crippen LogP) is 3.88. The van der Waals surface area contributed by atoms with Crippen molar-refractivity contribution in [3.05, 3.63) is 70.4 Å². The van der Waals surface area contributed by atoms with E-state index in [0.29, 0.717) is 40.8 Å². The van der Waals surface area contributed by atoms with Crippen molar-refractivity contribution in [3.8, 4) is 17.3 Å². The van der Waals surface area contributed by atoms with E-state index >= 15 is 0 Å². The summed E-state index contributed by atoms with van der Waals surface area (Å²) in [5, 5.41) is 4.58. The Labute approximate surface area is 226 Å². The standard InChI is InChI=1S/C29H33N7O3/c1-17-12-21(4-5-22(17)19-7-10-36(11-8-19)18(2)13-25(30)37)33-28-27-20(6-9-32-29(27)38)14-23(35-28)24-15-31-16-26(34-24)39-3/h4-6,9,12,14-16,18-19H,7-8,10-11,13H2,1-3H3,(H2,30,37)(H,32,38)(H,33,35). The van der Waals surface area contributed by atoms with Crippen molar-refractivity contribution in [3.63, 3.8) is 0 Å². The highest BCUT2D eigenvalue weighted by atomic mass is 16.5. The third-order valence-corrected chi connectivity index (χ3v) is 7.46. The van der Waals surface area contributed by atoms with Gasteiger partial charge in [-0.25, -0.2) is 9.97 Å². The number of carbonyl (C=O) groups excluding carboxylic acids is 1. The number of hydrogen-bond acceptors (Lipinski definition) is 8. The van der Waals surface area contributed by atoms with Gasteiger partial charge in [-0.1, -0.05) is 6.07 Å². The lowest BCUT2D eigenvalue weighted by Gasteiger charge is -2.36. The SMILES string of the molecule is COc1cncc(-c2cc3cc[nH]c(=O)c3c(Nc3ccc(C4CCN(C(C)CC(N)=O)CC4)c(C)c3)n2)n1. The van der Waals surface area contributed by atoms with Gasteiger partial charge in [0.25, 0.3) is 5.56 Å². The van der Waals surface area contributed by atoms with E-state index in [1.54, 1.807) is 12.4 Å². The van der Waals surface area contributed by atoms with Gasteiger partial charge in [-0.2, -0.15) is 0 Å². The van der Waals surface area contributed by atoms with Crippen LogP contribution in [0.5, 0.6) is 5.88 Å². The highest BCUT2D eigenvalue weighted by Gasteiger charge is 2.25. The van der Waals surface area contributed by atoms with Crippen LogP contribution >= 0.6 is 0 Å². The van der Waals surface area contributed by atoms with Crippen LogP contribution in [0.1, 0.15) is 43.2 Å². The summed E-state index contributed by atoms with van der Waals surface area (Å²) >= 11 is 0. The summed E-state index contributed by atoms with van der Waals surface area (Å²) in [6.45, 7) is 6.06. The summed E-state index contributed by atoms with van der Waals surface area (Å²) in [6.07, 6.45) is 7.22. The number of fused-ring (bicyclic) bond motifs is 1. The Hall–Kier alpha value is -4.31. The molecular weight excluding hydrogens is 494 g/mol. The maximum Gasteiger partial charge on any atom is 0.259 e. The molecule has 1 atom stereocenters. The van der Waals surface area contributed by atoms with E-state index < -0.39 is 0 Å². The molecule has 10 heteroatoms. The van der Waals surface area contributed by atoms with Crippen LogP contribution in [0.25, 0.3) is 22.2 Å². The third kappa shape index (κ3) is 5.75. The van der Waals surface area contributed by atoms with Gasteiger partial charge < -0.3 is 25.7 Å². The Morgan fingerprint density at radius 2 is 1.97 bits per heavy atom. The summed E-state index contributed by atoms with van der Waals surface area (Å²) < 4.78 is 5.22. The number of carbonyl (C=O) groups is 1. The van der Waals surface area contributed by atoms with Gasteiger partial charge >= 0.3 is 0 Å². The number of H-pyrrole nitrogens is 1. The van der Waals surface area contributed by atoms with Crippen LogP contribution < -0.4 is 21.3 Å². The third-order valence-electron chi connectivity index (χ3n) is 7.46. The molecule has 5 rings (SSSR count). The average Bonchev–Trinajstić information content (AvgIpc) is 2.93. The second-order valence-corrected chi connectivity index (χ2v) is 10.1. The summed E-state index contributed by atoms with van der Waals surface area (Å²) in [5.74, 6) is 1.02. The van der Waals surface area contributed by atoms with Crippen LogP contribution in [0.2, 0.25) is 0 Å². The molecule has 1 fully saturated rings. The molecule has 1 aliphatic heterocycles. The predicted molar refractivity (Wildman–Crippen MR) is 151 cm³/mol. The molecule has 4 aromatic rings. The average molecular weight is 528 g/mol. The number of methoxy groups -OCH3 is 1. The fraction of sp³-hybridized carbons (Fsp3) is 0.345. The molecule has 39 heavy (non-hydrogen) atoms. The van der Waals surface area contributed by atoms with Gasteiger partial charge in [-0.3, -0.25) is 14.6 Å². The number of hydrogen-bond donors (Lipinski definition) is 3. The molecule has 0 bridgehead atoms. The van der Waals surface area contributed by atoms with Gasteiger partial charge in [0.05, 0.1) is 30.6 Å². The van der Waals surface area contributed by atoms with E-state index in [2.05, 4.69) is 51.1 Å². The van der Waals surface area contributed by atoms with Crippen molar-refractivity contribution in [1.29, 1.82) is 0 Å². The Balaban J connectivity index is 1.40. The van der Waals surface area contributed by atoms with E-state index in [1.807, 2.05) is 18.2 Å². The Kier molecular flexibility index (Phi) is 7.56. The molecular formula is C29H33N7O3. The maximum absolute atomic E-state index is 12.8. The number of nitrogens with two attached hydrogens (primary N) is 1. The number of anilines is 2. The van der Waals surface area contributed by atoms with Crippen molar-refractivity contribution in [1.82, 2.24) is 24.8 Å². The molecule has 0 spiro atoms. The minimum atomic E-state index is -0.255. The van der Waals surface area contributed by atoms with E-state index in [-0.39, 0.29) is 17.5 Å². The molecule has 202 valence electrons. The zero-order valence-corrected chi connectivity index (χ0v) is 22.4. The minimum Gasteiger partial charge on any atom is -0.480 e. The second kappa shape index (κ2) is 11.2. The molecule has 0 radical (unpaired) electrons. The zero-order valence-electron chi connectivity index (χ0n) is 22.4. The number of amides is 1. The van der Waals surface area contributed by atoms with Gasteiger partial charge in [0.1, 0.15) is 11.5 Å². The lowest BCUT2D eigenvalue weighted by atomic mass is 9.86. The number of piperidine rings is 1. The molecule has 4 heterocycles. The minimum absolute atomic E-state index is 0.167. The number of pyridine rings is 2. The normalized spacial score (nSPS) is 15.3. The fourth-order valence-electron chi connectivity index (χ4n) is 5.43. The topological polar surface area (TPSA) is 139 Å². The lowest BCUT2D eigenvalue weighted by Crippen LogP contribution is -2.41. The second-order valence-electron chi connectivity index (χ2n) is 10.1. The Morgan fingerprint density at radius 3 is 2.69 bits per heavy atom. The van der Waals surface area contributed by atoms with Gasteiger partial charge in [0, 0.05) is 24.3 Å². The molecule has 1 saturated heterocycles. The fourth-order valence-corrected chi connectivity index (χ4v) is 5.43. The van der Waals surface area contributed by atoms with Crippen molar-refractivity contribution in [2.45, 2.75) is 45.1 Å². The number of nitrogens with zero attached hydrogens (tertiary/aromatic N) is 4. The molecule has 1 aromatic carbocycles. The van der Waals surface area contributed by atoms with Gasteiger partial charge in [-0.15, -0.1) is 0 Å². The van der Waals surface area contributed by atoms with Crippen molar-refractivity contribution >= 4 is 28.2 Å². The summed E-state index contributed by atoms with van der Waals surface area (Å²) in [5.41, 5.74) is 9.62. The summed E-state index contributed by atoms with van der Waals surface area (Å²) in [6, 6.07) is 10.1. The first kappa shape index (κ1) is 26.3. The number of ether oxygens (including phenoxy) is 1. The molecule has 1 unspecified atom stereocenters. The molecule has 3 aromatic heterocycles. The van der Waals surface area contributed by atoms with Crippen molar-refractivity contribution in [2.24, 2.45) is 5.73 Å². The molecule has 1 amide bonds. The highest BCUT2D eigenvalue weighted by Crippen LogP contribution is 2.34. The van der Waals surface area contributed by atoms with Crippen LogP contribution in [0.15, 0.2) is 53.7 Å². The first-order valence-electron chi connectivity index (χ1n) is 13.1. The van der Waals surface area contributed by atoms with Gasteiger partial charge in [0.15, 0.2) is 0 Å². The molecule has 10 nitrogen and oxygen atoms in total. The Bertz CT molecular complexity index is 1560. The van der Waals surface area contributed by atoms with Crippen LogP contribution in [0, 0.1) is 6.92 Å². The molecule has 4 N–H and O–H groups in total. The number of aryl methyl sites for hydroxylation is 1. The smallest absolute Gasteiger partial charge is 0.259 e. The number of benzene rings is 1. The first-order chi connectivity index (χ1) is 18.8. The van der Waals surface area contributed by atoms with Gasteiger partial charge in [-0.05, 0) is 86.5 Å². The van der Waals surface area contributed by atoms with E-state index in [9.17, 15) is 9.59 Å². The zero-order chi connectivity index (χ0) is 27.5.